The van der Waals surface area contributed by atoms with Crippen molar-refractivity contribution in [2.75, 3.05) is 6.54 Å². The summed E-state index contributed by atoms with van der Waals surface area (Å²) in [7, 11) is 0. The molecule has 30 heavy (non-hydrogen) atoms. The van der Waals surface area contributed by atoms with Gasteiger partial charge in [0.2, 0.25) is 0 Å². The van der Waals surface area contributed by atoms with E-state index in [9.17, 15) is 4.79 Å². The molecular weight excluding hydrogens is 420 g/mol. The Morgan fingerprint density at radius 3 is 2.57 bits per heavy atom. The van der Waals surface area contributed by atoms with Crippen molar-refractivity contribution in [2.24, 2.45) is 4.99 Å². The molecule has 1 aromatic carbocycles. The summed E-state index contributed by atoms with van der Waals surface area (Å²) in [6, 6.07) is 7.27. The van der Waals surface area contributed by atoms with Crippen LogP contribution in [0.15, 0.2) is 29.3 Å². The lowest BCUT2D eigenvalue weighted by Gasteiger charge is -2.25. The van der Waals surface area contributed by atoms with Crippen molar-refractivity contribution in [3.05, 3.63) is 62.5 Å². The van der Waals surface area contributed by atoms with Gasteiger partial charge in [-0.25, -0.2) is 9.79 Å². The lowest BCUT2D eigenvalue weighted by atomic mass is 9.99. The number of aliphatic imine (C=N–C) groups is 1. The number of aryl methyl sites for hydroxylation is 2. The van der Waals surface area contributed by atoms with E-state index in [1.54, 1.807) is 11.3 Å². The van der Waals surface area contributed by atoms with Gasteiger partial charge in [-0.2, -0.15) is 0 Å². The van der Waals surface area contributed by atoms with E-state index in [0.717, 1.165) is 33.2 Å². The number of urea groups is 1. The lowest BCUT2D eigenvalue weighted by Crippen LogP contribution is -2.48. The minimum atomic E-state index is -1.12. The summed E-state index contributed by atoms with van der Waals surface area (Å²) < 4.78 is 2.00. The van der Waals surface area contributed by atoms with Gasteiger partial charge in [0.25, 0.3) is 0 Å². The normalized spacial score (nSPS) is 17.6. The number of halogens is 1. The molecule has 7 nitrogen and oxygen atoms in total. The minimum absolute atomic E-state index is 0.315. The van der Waals surface area contributed by atoms with Gasteiger partial charge >= 0.3 is 6.03 Å². The highest BCUT2D eigenvalue weighted by atomic mass is 35.5. The number of nitrogens with one attached hydrogen (secondary N) is 2. The molecule has 2 amide bonds. The van der Waals surface area contributed by atoms with Crippen LogP contribution in [0, 0.1) is 20.8 Å². The van der Waals surface area contributed by atoms with Crippen LogP contribution in [0.2, 0.25) is 5.02 Å². The predicted octanol–water partition coefficient (Wildman–Crippen LogP) is 4.25. The van der Waals surface area contributed by atoms with Gasteiger partial charge in [0, 0.05) is 27.6 Å². The number of nitrogens with zero attached hydrogens (tertiary/aromatic N) is 4. The van der Waals surface area contributed by atoms with E-state index in [-0.39, 0.29) is 6.03 Å². The Kier molecular flexibility index (Phi) is 5.15. The van der Waals surface area contributed by atoms with Gasteiger partial charge in [0.15, 0.2) is 11.5 Å². The number of hydrogen-bond donors (Lipinski definition) is 2. The molecule has 3 heterocycles. The second-order valence-corrected chi connectivity index (χ2v) is 9.03. The number of fused-ring (bicyclic) bond motifs is 3. The third kappa shape index (κ3) is 3.30. The molecule has 0 saturated heterocycles. The molecule has 0 aliphatic carbocycles. The third-order valence-corrected chi connectivity index (χ3v) is 6.66. The van der Waals surface area contributed by atoms with Gasteiger partial charge < -0.3 is 10.6 Å². The second kappa shape index (κ2) is 7.52. The first-order valence-corrected chi connectivity index (χ1v) is 10.9. The van der Waals surface area contributed by atoms with Crippen LogP contribution in [0.4, 0.5) is 4.79 Å². The first kappa shape index (κ1) is 20.6. The van der Waals surface area contributed by atoms with Gasteiger partial charge in [0.1, 0.15) is 10.8 Å². The molecule has 0 radical (unpaired) electrons. The fraction of sp³-hybridized carbons (Fsp3) is 0.333. The molecule has 1 unspecified atom stereocenters. The zero-order valence-electron chi connectivity index (χ0n) is 17.5. The van der Waals surface area contributed by atoms with Crippen molar-refractivity contribution in [2.45, 2.75) is 40.3 Å². The van der Waals surface area contributed by atoms with Crippen molar-refractivity contribution in [1.82, 2.24) is 25.4 Å². The van der Waals surface area contributed by atoms with E-state index >= 15 is 0 Å². The van der Waals surface area contributed by atoms with E-state index < -0.39 is 5.66 Å². The monoisotopic (exact) mass is 442 g/mol. The summed E-state index contributed by atoms with van der Waals surface area (Å²) in [5, 5.41) is 16.1. The Balaban J connectivity index is 2.03. The van der Waals surface area contributed by atoms with Crippen molar-refractivity contribution >= 4 is 34.7 Å². The number of amides is 2. The van der Waals surface area contributed by atoms with Crippen LogP contribution < -0.4 is 10.6 Å². The van der Waals surface area contributed by atoms with Crippen LogP contribution in [0.3, 0.4) is 0 Å². The molecule has 0 fully saturated rings. The lowest BCUT2D eigenvalue weighted by molar-refractivity contribution is 0.227. The molecule has 2 aromatic heterocycles. The van der Waals surface area contributed by atoms with Crippen LogP contribution in [0.25, 0.3) is 5.00 Å². The Morgan fingerprint density at radius 2 is 1.90 bits per heavy atom. The third-order valence-electron chi connectivity index (χ3n) is 5.21. The smallest absolute Gasteiger partial charge is 0.317 e. The SMILES string of the molecule is CCNC(=O)NC1(C)N=C(c2ccc(Cl)cc2)c2c(sc(C)c2C)-n2c(C)nnc21. The largest absolute Gasteiger partial charge is 0.338 e. The number of carbonyl (C=O) groups excluding carboxylic acids is 1. The molecule has 9 heteroatoms. The van der Waals surface area contributed by atoms with Crippen LogP contribution in [-0.2, 0) is 5.66 Å². The molecule has 3 aromatic rings. The van der Waals surface area contributed by atoms with E-state index in [0.29, 0.717) is 17.4 Å². The number of rotatable bonds is 3. The van der Waals surface area contributed by atoms with Gasteiger partial charge in [-0.3, -0.25) is 4.57 Å². The molecule has 1 atom stereocenters. The first-order valence-electron chi connectivity index (χ1n) is 9.70. The van der Waals surface area contributed by atoms with E-state index in [4.69, 9.17) is 16.6 Å². The van der Waals surface area contributed by atoms with Crippen LogP contribution in [0.5, 0.6) is 0 Å². The number of aromatic nitrogens is 3. The second-order valence-electron chi connectivity index (χ2n) is 7.39. The molecular formula is C21H23ClN6OS. The fourth-order valence-electron chi connectivity index (χ4n) is 3.62. The summed E-state index contributed by atoms with van der Waals surface area (Å²) in [6.45, 7) is 10.3. The number of benzene rings is 1. The number of carbonyl (C=O) groups is 1. The average molecular weight is 443 g/mol. The molecule has 156 valence electrons. The van der Waals surface area contributed by atoms with Crippen molar-refractivity contribution in [3.63, 3.8) is 0 Å². The Bertz CT molecular complexity index is 1160. The quantitative estimate of drug-likeness (QED) is 0.635. The zero-order valence-corrected chi connectivity index (χ0v) is 19.1. The highest BCUT2D eigenvalue weighted by Crippen LogP contribution is 2.39. The Hall–Kier alpha value is -2.71. The predicted molar refractivity (Wildman–Crippen MR) is 120 cm³/mol. The van der Waals surface area contributed by atoms with Crippen LogP contribution >= 0.6 is 22.9 Å². The van der Waals surface area contributed by atoms with Crippen LogP contribution in [0.1, 0.15) is 47.1 Å². The van der Waals surface area contributed by atoms with E-state index in [2.05, 4.69) is 34.7 Å². The molecule has 1 aliphatic rings. The summed E-state index contributed by atoms with van der Waals surface area (Å²) in [5.41, 5.74) is 2.75. The van der Waals surface area contributed by atoms with Crippen molar-refractivity contribution < 1.29 is 4.79 Å². The van der Waals surface area contributed by atoms with E-state index in [1.165, 1.54) is 4.88 Å². The molecule has 1 aliphatic heterocycles. The minimum Gasteiger partial charge on any atom is -0.338 e. The molecule has 4 rings (SSSR count). The molecule has 2 N–H and O–H groups in total. The van der Waals surface area contributed by atoms with Crippen LogP contribution in [-0.4, -0.2) is 33.1 Å². The maximum absolute atomic E-state index is 12.5. The number of hydrogen-bond acceptors (Lipinski definition) is 5. The fourth-order valence-corrected chi connectivity index (χ4v) is 4.95. The topological polar surface area (TPSA) is 84.2 Å². The summed E-state index contributed by atoms with van der Waals surface area (Å²) >= 11 is 7.80. The summed E-state index contributed by atoms with van der Waals surface area (Å²) in [5.74, 6) is 1.31. The van der Waals surface area contributed by atoms with E-state index in [1.807, 2.05) is 49.6 Å². The van der Waals surface area contributed by atoms with Gasteiger partial charge in [0.05, 0.1) is 5.71 Å². The summed E-state index contributed by atoms with van der Waals surface area (Å²) in [4.78, 5) is 18.8. The highest BCUT2D eigenvalue weighted by molar-refractivity contribution is 7.15. The molecule has 0 bridgehead atoms. The molecule has 0 spiro atoms. The zero-order chi connectivity index (χ0) is 21.6. The van der Waals surface area contributed by atoms with Crippen molar-refractivity contribution in [3.8, 4) is 5.00 Å². The standard InChI is InChI=1S/C21H23ClN6OS/c1-6-23-20(29)25-21(5)19-27-26-13(4)28(19)18-16(11(2)12(3)30-18)17(24-21)14-7-9-15(22)10-8-14/h7-10H,6H2,1-5H3,(H2,23,25,29). The highest BCUT2D eigenvalue weighted by Gasteiger charge is 2.40. The Morgan fingerprint density at radius 1 is 1.20 bits per heavy atom. The molecule has 0 saturated carbocycles. The Labute approximate surface area is 184 Å². The van der Waals surface area contributed by atoms with Gasteiger partial charge in [-0.15, -0.1) is 21.5 Å². The average Bonchev–Trinajstić information content (AvgIpc) is 3.18. The first-order chi connectivity index (χ1) is 14.2. The maximum atomic E-state index is 12.5. The van der Waals surface area contributed by atoms with Crippen molar-refractivity contribution in [1.29, 1.82) is 0 Å². The maximum Gasteiger partial charge on any atom is 0.317 e. The summed E-state index contributed by atoms with van der Waals surface area (Å²) in [6.07, 6.45) is 0. The van der Waals surface area contributed by atoms with Gasteiger partial charge in [-0.05, 0) is 52.3 Å². The van der Waals surface area contributed by atoms with Gasteiger partial charge in [-0.1, -0.05) is 23.7 Å². The number of thiophene rings is 1.